The Balaban J connectivity index is 2.25. The van der Waals surface area contributed by atoms with Gasteiger partial charge in [-0.25, -0.2) is 8.78 Å². The van der Waals surface area contributed by atoms with E-state index in [1.165, 1.54) is 22.7 Å². The van der Waals surface area contributed by atoms with Crippen molar-refractivity contribution < 1.29 is 8.78 Å². The summed E-state index contributed by atoms with van der Waals surface area (Å²) < 4.78 is 27.6. The van der Waals surface area contributed by atoms with Crippen molar-refractivity contribution in [3.8, 4) is 0 Å². The Labute approximate surface area is 126 Å². The first-order chi connectivity index (χ1) is 9.38. The number of thiophene rings is 2. The molecule has 108 valence electrons. The van der Waals surface area contributed by atoms with Gasteiger partial charge in [-0.3, -0.25) is 0 Å². The molecule has 0 aliphatic rings. The van der Waals surface area contributed by atoms with Crippen LogP contribution < -0.4 is 0 Å². The van der Waals surface area contributed by atoms with Crippen molar-refractivity contribution in [2.24, 2.45) is 0 Å². The molecule has 0 atom stereocenters. The lowest BCUT2D eigenvalue weighted by Gasteiger charge is -1.96. The molecule has 2 aromatic rings. The second-order valence-electron chi connectivity index (χ2n) is 5.36. The van der Waals surface area contributed by atoms with Crippen LogP contribution >= 0.6 is 22.7 Å². The molecule has 0 N–H and O–H groups in total. The molecule has 0 unspecified atom stereocenters. The lowest BCUT2D eigenvalue weighted by molar-refractivity contribution is 0.627. The SMILES string of the molecule is CC(C)c1cc(F)c(/C=C/c2sc(C(C)C)cc2F)s1. The minimum atomic E-state index is -0.226. The fourth-order valence-corrected chi connectivity index (χ4v) is 3.64. The molecule has 4 heteroatoms. The fraction of sp³-hybridized carbons (Fsp3) is 0.375. The van der Waals surface area contributed by atoms with Crippen molar-refractivity contribution in [3.63, 3.8) is 0 Å². The highest BCUT2D eigenvalue weighted by Crippen LogP contribution is 2.31. The Morgan fingerprint density at radius 3 is 1.40 bits per heavy atom. The number of hydrogen-bond acceptors (Lipinski definition) is 2. The summed E-state index contributed by atoms with van der Waals surface area (Å²) in [6, 6.07) is 3.14. The molecule has 0 saturated carbocycles. The van der Waals surface area contributed by atoms with Gasteiger partial charge in [-0.15, -0.1) is 22.7 Å². The van der Waals surface area contributed by atoms with Crippen molar-refractivity contribution in [2.45, 2.75) is 39.5 Å². The summed E-state index contributed by atoms with van der Waals surface area (Å²) in [5, 5.41) is 0. The summed E-state index contributed by atoms with van der Waals surface area (Å²) in [6.45, 7) is 8.14. The van der Waals surface area contributed by atoms with Crippen molar-refractivity contribution in [3.05, 3.63) is 43.3 Å². The van der Waals surface area contributed by atoms with Crippen LogP contribution in [0.4, 0.5) is 8.78 Å². The van der Waals surface area contributed by atoms with E-state index < -0.39 is 0 Å². The van der Waals surface area contributed by atoms with Gasteiger partial charge in [0.25, 0.3) is 0 Å². The average molecular weight is 312 g/mol. The van der Waals surface area contributed by atoms with E-state index >= 15 is 0 Å². The van der Waals surface area contributed by atoms with Crippen LogP contribution in [0.5, 0.6) is 0 Å². The molecule has 20 heavy (non-hydrogen) atoms. The lowest BCUT2D eigenvalue weighted by atomic mass is 10.2. The van der Waals surface area contributed by atoms with Crippen LogP contribution in [0.3, 0.4) is 0 Å². The number of rotatable bonds is 4. The molecule has 0 fully saturated rings. The Bertz CT molecular complexity index is 564. The monoisotopic (exact) mass is 312 g/mol. The van der Waals surface area contributed by atoms with E-state index in [9.17, 15) is 8.78 Å². The standard InChI is InChI=1S/C16H18F2S2/c1-9(2)15-7-11(17)13(19-15)5-6-14-12(18)8-16(20-14)10(3)4/h5-10H,1-4H3/b6-5+. The molecule has 0 aliphatic heterocycles. The van der Waals surface area contributed by atoms with Crippen LogP contribution in [0, 0.1) is 11.6 Å². The van der Waals surface area contributed by atoms with Gasteiger partial charge in [0.2, 0.25) is 0 Å². The summed E-state index contributed by atoms with van der Waals surface area (Å²) in [5.41, 5.74) is 0. The second kappa shape index (κ2) is 6.19. The molecule has 2 rings (SSSR count). The van der Waals surface area contributed by atoms with E-state index in [2.05, 4.69) is 0 Å². The van der Waals surface area contributed by atoms with Gasteiger partial charge in [0, 0.05) is 9.75 Å². The summed E-state index contributed by atoms with van der Waals surface area (Å²) >= 11 is 2.85. The average Bonchev–Trinajstić information content (AvgIpc) is 2.91. The van der Waals surface area contributed by atoms with Gasteiger partial charge in [-0.05, 0) is 36.1 Å². The largest absolute Gasteiger partial charge is 0.205 e. The maximum Gasteiger partial charge on any atom is 0.141 e. The zero-order chi connectivity index (χ0) is 14.9. The summed E-state index contributed by atoms with van der Waals surface area (Å²) in [6.07, 6.45) is 3.34. The van der Waals surface area contributed by atoms with Crippen molar-refractivity contribution in [2.75, 3.05) is 0 Å². The molecular weight excluding hydrogens is 294 g/mol. The molecule has 2 heterocycles. The van der Waals surface area contributed by atoms with Gasteiger partial charge in [0.1, 0.15) is 11.6 Å². The highest BCUT2D eigenvalue weighted by atomic mass is 32.1. The maximum atomic E-state index is 13.8. The topological polar surface area (TPSA) is 0 Å². The van der Waals surface area contributed by atoms with E-state index in [4.69, 9.17) is 0 Å². The van der Waals surface area contributed by atoms with Crippen molar-refractivity contribution in [1.29, 1.82) is 0 Å². The van der Waals surface area contributed by atoms with Crippen LogP contribution in [0.25, 0.3) is 12.2 Å². The number of halogens is 2. The molecule has 0 bridgehead atoms. The quantitative estimate of drug-likeness (QED) is 0.604. The first-order valence-corrected chi connectivity index (χ1v) is 8.28. The maximum absolute atomic E-state index is 13.8. The number of hydrogen-bond donors (Lipinski definition) is 0. The van der Waals surface area contributed by atoms with Crippen LogP contribution in [0.1, 0.15) is 59.0 Å². The Hall–Kier alpha value is -1.00. The van der Waals surface area contributed by atoms with Gasteiger partial charge < -0.3 is 0 Å². The lowest BCUT2D eigenvalue weighted by Crippen LogP contribution is -1.78. The van der Waals surface area contributed by atoms with Gasteiger partial charge in [0.15, 0.2) is 0 Å². The summed E-state index contributed by atoms with van der Waals surface area (Å²) in [4.78, 5) is 3.15. The minimum absolute atomic E-state index is 0.226. The van der Waals surface area contributed by atoms with Gasteiger partial charge in [-0.2, -0.15) is 0 Å². The van der Waals surface area contributed by atoms with Gasteiger partial charge >= 0.3 is 0 Å². The van der Waals surface area contributed by atoms with E-state index in [-0.39, 0.29) is 11.6 Å². The molecule has 0 aliphatic carbocycles. The zero-order valence-corrected chi connectivity index (χ0v) is 13.7. The van der Waals surface area contributed by atoms with Gasteiger partial charge in [0.05, 0.1) is 9.75 Å². The predicted octanol–water partition coefficient (Wildman–Crippen LogP) is 6.51. The molecule has 0 saturated heterocycles. The third-order valence-corrected chi connectivity index (χ3v) is 5.74. The van der Waals surface area contributed by atoms with Crippen LogP contribution in [-0.2, 0) is 0 Å². The van der Waals surface area contributed by atoms with Crippen molar-refractivity contribution >= 4 is 34.8 Å². The Kier molecular flexibility index (Phi) is 4.76. The van der Waals surface area contributed by atoms with E-state index in [0.29, 0.717) is 21.6 Å². The molecule has 0 spiro atoms. The molecular formula is C16H18F2S2. The second-order valence-corrected chi connectivity index (χ2v) is 7.60. The van der Waals surface area contributed by atoms with E-state index in [1.807, 2.05) is 27.7 Å². The molecule has 0 amide bonds. The normalized spacial score (nSPS) is 12.2. The minimum Gasteiger partial charge on any atom is -0.205 e. The fourth-order valence-electron chi connectivity index (χ4n) is 1.75. The smallest absolute Gasteiger partial charge is 0.141 e. The highest BCUT2D eigenvalue weighted by molar-refractivity contribution is 7.13. The zero-order valence-electron chi connectivity index (χ0n) is 12.0. The third kappa shape index (κ3) is 3.36. The van der Waals surface area contributed by atoms with E-state index in [1.54, 1.807) is 24.3 Å². The Morgan fingerprint density at radius 1 is 0.800 bits per heavy atom. The third-order valence-electron chi connectivity index (χ3n) is 2.99. The molecule has 0 radical (unpaired) electrons. The van der Waals surface area contributed by atoms with Gasteiger partial charge in [-0.1, -0.05) is 27.7 Å². The highest BCUT2D eigenvalue weighted by Gasteiger charge is 2.11. The van der Waals surface area contributed by atoms with Crippen LogP contribution in [0.2, 0.25) is 0 Å². The van der Waals surface area contributed by atoms with Crippen molar-refractivity contribution in [1.82, 2.24) is 0 Å². The van der Waals surface area contributed by atoms with E-state index in [0.717, 1.165) is 9.75 Å². The molecule has 0 nitrogen and oxygen atoms in total. The summed E-state index contributed by atoms with van der Waals surface area (Å²) in [7, 11) is 0. The van der Waals surface area contributed by atoms with Crippen LogP contribution in [-0.4, -0.2) is 0 Å². The predicted molar refractivity (Wildman–Crippen MR) is 85.7 cm³/mol. The molecule has 2 aromatic heterocycles. The van der Waals surface area contributed by atoms with Crippen LogP contribution in [0.15, 0.2) is 12.1 Å². The summed E-state index contributed by atoms with van der Waals surface area (Å²) in [5.74, 6) is 0.164. The first-order valence-electron chi connectivity index (χ1n) is 6.65. The first kappa shape index (κ1) is 15.4. The Morgan fingerprint density at radius 2 is 1.15 bits per heavy atom. The molecule has 0 aromatic carbocycles.